The van der Waals surface area contributed by atoms with E-state index in [0.717, 1.165) is 10.6 Å². The summed E-state index contributed by atoms with van der Waals surface area (Å²) in [6, 6.07) is 4.65. The van der Waals surface area contributed by atoms with E-state index in [-0.39, 0.29) is 23.4 Å². The summed E-state index contributed by atoms with van der Waals surface area (Å²) in [5, 5.41) is 3.95. The molecule has 9 heteroatoms. The second-order valence-corrected chi connectivity index (χ2v) is 7.95. The van der Waals surface area contributed by atoms with Crippen LogP contribution < -0.4 is 5.32 Å². The highest BCUT2D eigenvalue weighted by Gasteiger charge is 2.21. The lowest BCUT2D eigenvalue weighted by Gasteiger charge is -2.22. The van der Waals surface area contributed by atoms with Crippen molar-refractivity contribution in [1.29, 1.82) is 0 Å². The Morgan fingerprint density at radius 1 is 1.30 bits per heavy atom. The molecular formula is C18H21Cl2N3O3S. The van der Waals surface area contributed by atoms with E-state index >= 15 is 0 Å². The number of nitrogens with zero attached hydrogens (tertiary/aromatic N) is 2. The molecule has 0 saturated carbocycles. The van der Waals surface area contributed by atoms with Gasteiger partial charge in [0.2, 0.25) is 5.91 Å². The average Bonchev–Trinajstić information content (AvgIpc) is 2.91. The number of carbonyl (C=O) groups is 2. The van der Waals surface area contributed by atoms with Crippen LogP contribution in [0.5, 0.6) is 0 Å². The van der Waals surface area contributed by atoms with Crippen LogP contribution in [0.3, 0.4) is 0 Å². The van der Waals surface area contributed by atoms with Crippen LogP contribution in [0, 0.1) is 13.8 Å². The summed E-state index contributed by atoms with van der Waals surface area (Å²) >= 11 is 13.4. The minimum Gasteiger partial charge on any atom is -0.385 e. The van der Waals surface area contributed by atoms with Crippen molar-refractivity contribution in [3.8, 4) is 0 Å². The third kappa shape index (κ3) is 6.17. The van der Waals surface area contributed by atoms with Crippen LogP contribution in [-0.2, 0) is 9.53 Å². The molecule has 0 atom stereocenters. The van der Waals surface area contributed by atoms with E-state index in [1.165, 1.54) is 22.3 Å². The molecular weight excluding hydrogens is 409 g/mol. The fraction of sp³-hybridized carbons (Fsp3) is 0.389. The lowest BCUT2D eigenvalue weighted by Crippen LogP contribution is -2.39. The molecule has 2 rings (SSSR count). The number of halogens is 2. The number of anilines is 1. The van der Waals surface area contributed by atoms with E-state index in [2.05, 4.69) is 10.3 Å². The largest absolute Gasteiger partial charge is 0.385 e. The molecule has 1 heterocycles. The third-order valence-electron chi connectivity index (χ3n) is 3.83. The third-order valence-corrected chi connectivity index (χ3v) is 5.37. The smallest absolute Gasteiger partial charge is 0.255 e. The molecule has 6 nitrogen and oxygen atoms in total. The quantitative estimate of drug-likeness (QED) is 0.638. The highest BCUT2D eigenvalue weighted by atomic mass is 35.5. The molecule has 27 heavy (non-hydrogen) atoms. The number of thiazole rings is 1. The summed E-state index contributed by atoms with van der Waals surface area (Å²) in [5.74, 6) is -0.658. The average molecular weight is 430 g/mol. The summed E-state index contributed by atoms with van der Waals surface area (Å²) in [5.41, 5.74) is 1.17. The Labute approximate surface area is 172 Å². The van der Waals surface area contributed by atoms with Crippen molar-refractivity contribution in [2.24, 2.45) is 0 Å². The molecule has 2 aromatic rings. The molecule has 0 unspecified atom stereocenters. The molecule has 0 radical (unpaired) electrons. The van der Waals surface area contributed by atoms with Crippen molar-refractivity contribution < 1.29 is 14.3 Å². The molecule has 1 aromatic carbocycles. The Morgan fingerprint density at radius 3 is 2.63 bits per heavy atom. The zero-order valence-corrected chi connectivity index (χ0v) is 17.7. The van der Waals surface area contributed by atoms with Crippen molar-refractivity contribution in [2.45, 2.75) is 20.3 Å². The Hall–Kier alpha value is -1.67. The van der Waals surface area contributed by atoms with E-state index in [1.54, 1.807) is 19.2 Å². The molecule has 0 aliphatic heterocycles. The number of aromatic nitrogens is 1. The van der Waals surface area contributed by atoms with Gasteiger partial charge in [0.1, 0.15) is 6.54 Å². The number of hydrogen-bond donors (Lipinski definition) is 1. The number of benzene rings is 1. The number of rotatable bonds is 8. The van der Waals surface area contributed by atoms with Crippen LogP contribution in [0.25, 0.3) is 0 Å². The van der Waals surface area contributed by atoms with Gasteiger partial charge in [0.25, 0.3) is 5.91 Å². The number of ether oxygens (including phenoxy) is 1. The van der Waals surface area contributed by atoms with Crippen LogP contribution in [0.2, 0.25) is 10.0 Å². The van der Waals surface area contributed by atoms with Gasteiger partial charge in [-0.1, -0.05) is 23.2 Å². The van der Waals surface area contributed by atoms with Gasteiger partial charge in [0.05, 0.1) is 16.3 Å². The number of nitrogens with one attached hydrogen (secondary N) is 1. The van der Waals surface area contributed by atoms with E-state index in [9.17, 15) is 9.59 Å². The lowest BCUT2D eigenvalue weighted by atomic mass is 10.2. The monoisotopic (exact) mass is 429 g/mol. The lowest BCUT2D eigenvalue weighted by molar-refractivity contribution is -0.116. The van der Waals surface area contributed by atoms with Crippen LogP contribution in [0.1, 0.15) is 27.3 Å². The molecule has 2 amide bonds. The Morgan fingerprint density at radius 2 is 2.04 bits per heavy atom. The van der Waals surface area contributed by atoms with E-state index < -0.39 is 0 Å². The van der Waals surface area contributed by atoms with Gasteiger partial charge in [-0.25, -0.2) is 4.98 Å². The standard InChI is InChI=1S/C18H21Cl2N3O3S/c1-11-12(2)27-18(21-11)22-16(24)10-23(7-4-8-26-3)17(25)14-6-5-13(19)9-15(14)20/h5-6,9H,4,7-8,10H2,1-3H3,(H,21,22,24). The minimum absolute atomic E-state index is 0.112. The molecule has 1 N–H and O–H groups in total. The van der Waals surface area contributed by atoms with Crippen molar-refractivity contribution in [3.63, 3.8) is 0 Å². The molecule has 146 valence electrons. The molecule has 0 bridgehead atoms. The van der Waals surface area contributed by atoms with Gasteiger partial charge in [-0.15, -0.1) is 11.3 Å². The summed E-state index contributed by atoms with van der Waals surface area (Å²) in [6.45, 7) is 4.54. The first-order valence-corrected chi connectivity index (χ1v) is 9.86. The van der Waals surface area contributed by atoms with Crippen molar-refractivity contribution in [2.75, 3.05) is 32.1 Å². The molecule has 1 aromatic heterocycles. The van der Waals surface area contributed by atoms with E-state index in [1.807, 2.05) is 13.8 Å². The minimum atomic E-state index is -0.339. The normalized spacial score (nSPS) is 10.7. The Kier molecular flexibility index (Phi) is 8.04. The second-order valence-electron chi connectivity index (χ2n) is 5.91. The predicted octanol–water partition coefficient (Wildman–Crippen LogP) is 4.18. The van der Waals surface area contributed by atoms with Gasteiger partial charge >= 0.3 is 0 Å². The Bertz CT molecular complexity index is 807. The Balaban J connectivity index is 2.12. The van der Waals surface area contributed by atoms with Gasteiger partial charge in [-0.2, -0.15) is 0 Å². The summed E-state index contributed by atoms with van der Waals surface area (Å²) in [4.78, 5) is 32.1. The van der Waals surface area contributed by atoms with Gasteiger partial charge in [0.15, 0.2) is 5.13 Å². The first kappa shape index (κ1) is 21.6. The van der Waals surface area contributed by atoms with Gasteiger partial charge in [0, 0.05) is 30.2 Å². The highest BCUT2D eigenvalue weighted by molar-refractivity contribution is 7.15. The SMILES string of the molecule is COCCCN(CC(=O)Nc1nc(C)c(C)s1)C(=O)c1ccc(Cl)cc1Cl. The van der Waals surface area contributed by atoms with Crippen LogP contribution >= 0.6 is 34.5 Å². The molecule has 0 fully saturated rings. The zero-order valence-electron chi connectivity index (χ0n) is 15.3. The summed E-state index contributed by atoms with van der Waals surface area (Å²) in [7, 11) is 1.59. The maximum atomic E-state index is 12.9. The zero-order chi connectivity index (χ0) is 20.0. The van der Waals surface area contributed by atoms with Gasteiger partial charge < -0.3 is 15.0 Å². The summed E-state index contributed by atoms with van der Waals surface area (Å²) in [6.07, 6.45) is 0.593. The fourth-order valence-corrected chi connectivity index (χ4v) is 3.66. The highest BCUT2D eigenvalue weighted by Crippen LogP contribution is 2.23. The maximum Gasteiger partial charge on any atom is 0.255 e. The fourth-order valence-electron chi connectivity index (χ4n) is 2.34. The van der Waals surface area contributed by atoms with Crippen LogP contribution in [0.15, 0.2) is 18.2 Å². The van der Waals surface area contributed by atoms with E-state index in [4.69, 9.17) is 27.9 Å². The number of amides is 2. The summed E-state index contributed by atoms with van der Waals surface area (Å²) < 4.78 is 5.04. The van der Waals surface area contributed by atoms with E-state index in [0.29, 0.717) is 35.3 Å². The first-order chi connectivity index (χ1) is 12.8. The topological polar surface area (TPSA) is 71.5 Å². The van der Waals surface area contributed by atoms with Crippen molar-refractivity contribution in [1.82, 2.24) is 9.88 Å². The van der Waals surface area contributed by atoms with Crippen molar-refractivity contribution in [3.05, 3.63) is 44.4 Å². The number of methoxy groups -OCH3 is 1. The van der Waals surface area contributed by atoms with Crippen molar-refractivity contribution >= 4 is 51.5 Å². The number of carbonyl (C=O) groups excluding carboxylic acids is 2. The van der Waals surface area contributed by atoms with Crippen LogP contribution in [0.4, 0.5) is 5.13 Å². The molecule has 0 saturated heterocycles. The van der Waals surface area contributed by atoms with Crippen LogP contribution in [-0.4, -0.2) is 48.5 Å². The van der Waals surface area contributed by atoms with Gasteiger partial charge in [-0.05, 0) is 38.5 Å². The first-order valence-electron chi connectivity index (χ1n) is 8.29. The predicted molar refractivity (Wildman–Crippen MR) is 109 cm³/mol. The molecule has 0 spiro atoms. The molecule has 0 aliphatic carbocycles. The van der Waals surface area contributed by atoms with Gasteiger partial charge in [-0.3, -0.25) is 9.59 Å². The number of aryl methyl sites for hydroxylation is 2. The molecule has 0 aliphatic rings. The second kappa shape index (κ2) is 10.0. The maximum absolute atomic E-state index is 12.9. The number of hydrogen-bond acceptors (Lipinski definition) is 5.